The van der Waals surface area contributed by atoms with Crippen molar-refractivity contribution >= 4 is 0 Å². The Morgan fingerprint density at radius 3 is 2.33 bits per heavy atom. The second-order valence-electron chi connectivity index (χ2n) is 3.32. The van der Waals surface area contributed by atoms with Crippen LogP contribution in [0.15, 0.2) is 24.3 Å². The van der Waals surface area contributed by atoms with E-state index in [-0.39, 0.29) is 6.42 Å². The summed E-state index contributed by atoms with van der Waals surface area (Å²) in [6, 6.07) is 8.79. The molecule has 0 fully saturated rings. The van der Waals surface area contributed by atoms with Crippen molar-refractivity contribution in [2.75, 3.05) is 0 Å². The zero-order chi connectivity index (χ0) is 11.3. The zero-order valence-corrected chi connectivity index (χ0v) is 8.30. The van der Waals surface area contributed by atoms with Crippen molar-refractivity contribution in [3.05, 3.63) is 35.4 Å². The molecule has 80 valence electrons. The molecule has 4 N–H and O–H groups in total. The van der Waals surface area contributed by atoms with Crippen molar-refractivity contribution in [2.24, 2.45) is 5.73 Å². The summed E-state index contributed by atoms with van der Waals surface area (Å²) < 4.78 is 0. The van der Waals surface area contributed by atoms with Crippen LogP contribution in [-0.4, -0.2) is 16.3 Å². The average Bonchev–Trinajstić information content (AvgIpc) is 2.28. The molecule has 2 atom stereocenters. The molecule has 0 aliphatic rings. The first-order valence-electron chi connectivity index (χ1n) is 4.71. The maximum Gasteiger partial charge on any atom is 0.106 e. The van der Waals surface area contributed by atoms with E-state index in [1.807, 2.05) is 6.07 Å². The quantitative estimate of drug-likeness (QED) is 0.667. The summed E-state index contributed by atoms with van der Waals surface area (Å²) in [5.74, 6) is 0. The monoisotopic (exact) mass is 206 g/mol. The Kier molecular flexibility index (Phi) is 4.25. The van der Waals surface area contributed by atoms with E-state index in [4.69, 9.17) is 11.0 Å². The third-order valence-corrected chi connectivity index (χ3v) is 2.22. The Bertz CT molecular complexity index is 343. The van der Waals surface area contributed by atoms with Crippen molar-refractivity contribution in [1.82, 2.24) is 0 Å². The molecule has 0 heterocycles. The molecule has 0 spiro atoms. The predicted molar refractivity (Wildman–Crippen MR) is 55.5 cm³/mol. The highest BCUT2D eigenvalue weighted by Crippen LogP contribution is 2.19. The largest absolute Gasteiger partial charge is 0.389 e. The molecule has 2 unspecified atom stereocenters. The lowest BCUT2D eigenvalue weighted by molar-refractivity contribution is 0.0216. The number of hydrogen-bond acceptors (Lipinski definition) is 4. The highest BCUT2D eigenvalue weighted by molar-refractivity contribution is 5.24. The number of hydrogen-bond donors (Lipinski definition) is 3. The summed E-state index contributed by atoms with van der Waals surface area (Å²) in [7, 11) is 0. The van der Waals surface area contributed by atoms with Crippen LogP contribution in [0.5, 0.6) is 0 Å². The average molecular weight is 206 g/mol. The van der Waals surface area contributed by atoms with Crippen molar-refractivity contribution in [3.8, 4) is 6.07 Å². The first kappa shape index (κ1) is 11.7. The summed E-state index contributed by atoms with van der Waals surface area (Å²) in [4.78, 5) is 0. The van der Waals surface area contributed by atoms with E-state index in [1.165, 1.54) is 0 Å². The Morgan fingerprint density at radius 1 is 1.27 bits per heavy atom. The fourth-order valence-corrected chi connectivity index (χ4v) is 1.28. The molecule has 0 amide bonds. The second kappa shape index (κ2) is 5.47. The lowest BCUT2D eigenvalue weighted by atomic mass is 10.0. The molecule has 0 saturated heterocycles. The summed E-state index contributed by atoms with van der Waals surface area (Å²) in [6.07, 6.45) is -2.14. The van der Waals surface area contributed by atoms with Gasteiger partial charge in [0.1, 0.15) is 6.10 Å². The number of aliphatic hydroxyl groups is 2. The number of benzene rings is 1. The van der Waals surface area contributed by atoms with E-state index >= 15 is 0 Å². The van der Waals surface area contributed by atoms with Crippen LogP contribution in [0.1, 0.15) is 23.7 Å². The topological polar surface area (TPSA) is 90.3 Å². The third kappa shape index (κ3) is 3.03. The molecule has 1 aromatic rings. The van der Waals surface area contributed by atoms with E-state index < -0.39 is 12.2 Å². The van der Waals surface area contributed by atoms with Crippen molar-refractivity contribution < 1.29 is 10.2 Å². The van der Waals surface area contributed by atoms with Gasteiger partial charge in [0.05, 0.1) is 18.6 Å². The second-order valence-corrected chi connectivity index (χ2v) is 3.32. The summed E-state index contributed by atoms with van der Waals surface area (Å²) in [5, 5.41) is 27.4. The number of aliphatic hydroxyl groups excluding tert-OH is 2. The van der Waals surface area contributed by atoms with Gasteiger partial charge >= 0.3 is 0 Å². The van der Waals surface area contributed by atoms with Gasteiger partial charge in [-0.3, -0.25) is 0 Å². The van der Waals surface area contributed by atoms with Gasteiger partial charge in [-0.1, -0.05) is 24.3 Å². The van der Waals surface area contributed by atoms with E-state index in [9.17, 15) is 10.2 Å². The zero-order valence-electron chi connectivity index (χ0n) is 8.30. The highest BCUT2D eigenvalue weighted by Gasteiger charge is 2.17. The minimum Gasteiger partial charge on any atom is -0.389 e. The molecule has 1 rings (SSSR count). The fourth-order valence-electron chi connectivity index (χ4n) is 1.28. The van der Waals surface area contributed by atoms with Gasteiger partial charge in [-0.25, -0.2) is 0 Å². The van der Waals surface area contributed by atoms with Gasteiger partial charge in [0.25, 0.3) is 0 Å². The van der Waals surface area contributed by atoms with Crippen LogP contribution >= 0.6 is 0 Å². The molecule has 0 saturated carbocycles. The molecule has 1 aromatic carbocycles. The highest BCUT2D eigenvalue weighted by atomic mass is 16.3. The SMILES string of the molecule is N#CCC(O)C(O)c1ccc(CN)cc1. The van der Waals surface area contributed by atoms with Crippen LogP contribution in [-0.2, 0) is 6.54 Å². The molecule has 0 radical (unpaired) electrons. The molecule has 0 aromatic heterocycles. The van der Waals surface area contributed by atoms with Crippen molar-refractivity contribution in [3.63, 3.8) is 0 Å². The van der Waals surface area contributed by atoms with Crippen LogP contribution in [0, 0.1) is 11.3 Å². The van der Waals surface area contributed by atoms with Gasteiger partial charge in [-0.15, -0.1) is 0 Å². The summed E-state index contributed by atoms with van der Waals surface area (Å²) in [6.45, 7) is 0.442. The van der Waals surface area contributed by atoms with Crippen LogP contribution in [0.25, 0.3) is 0 Å². The molecular formula is C11H14N2O2. The minimum absolute atomic E-state index is 0.0835. The van der Waals surface area contributed by atoms with E-state index in [0.717, 1.165) is 5.56 Å². The van der Waals surface area contributed by atoms with Gasteiger partial charge in [-0.05, 0) is 11.1 Å². The van der Waals surface area contributed by atoms with Gasteiger partial charge in [-0.2, -0.15) is 5.26 Å². The van der Waals surface area contributed by atoms with E-state index in [0.29, 0.717) is 12.1 Å². The smallest absolute Gasteiger partial charge is 0.106 e. The first-order valence-corrected chi connectivity index (χ1v) is 4.71. The number of nitriles is 1. The normalized spacial score (nSPS) is 14.3. The van der Waals surface area contributed by atoms with Gasteiger partial charge in [0, 0.05) is 6.54 Å². The molecule has 0 aliphatic heterocycles. The van der Waals surface area contributed by atoms with Crippen LogP contribution in [0.4, 0.5) is 0 Å². The van der Waals surface area contributed by atoms with E-state index in [2.05, 4.69) is 0 Å². The maximum absolute atomic E-state index is 9.65. The van der Waals surface area contributed by atoms with Gasteiger partial charge in [0.15, 0.2) is 0 Å². The van der Waals surface area contributed by atoms with Crippen molar-refractivity contribution in [1.29, 1.82) is 5.26 Å². The lowest BCUT2D eigenvalue weighted by Gasteiger charge is -2.15. The molecule has 4 heteroatoms. The van der Waals surface area contributed by atoms with E-state index in [1.54, 1.807) is 24.3 Å². The Hall–Kier alpha value is -1.41. The number of rotatable bonds is 4. The Balaban J connectivity index is 2.74. The maximum atomic E-state index is 9.65. The van der Waals surface area contributed by atoms with Gasteiger partial charge in [0.2, 0.25) is 0 Å². The summed E-state index contributed by atoms with van der Waals surface area (Å²) >= 11 is 0. The summed E-state index contributed by atoms with van der Waals surface area (Å²) in [5.41, 5.74) is 6.98. The Morgan fingerprint density at radius 2 is 1.87 bits per heavy atom. The molecule has 0 aliphatic carbocycles. The van der Waals surface area contributed by atoms with Crippen LogP contribution in [0.3, 0.4) is 0 Å². The number of nitrogens with zero attached hydrogens (tertiary/aromatic N) is 1. The fraction of sp³-hybridized carbons (Fsp3) is 0.364. The Labute approximate surface area is 88.6 Å². The predicted octanol–water partition coefficient (Wildman–Crippen LogP) is 0.453. The number of nitrogens with two attached hydrogens (primary N) is 1. The minimum atomic E-state index is -1.04. The first-order chi connectivity index (χ1) is 7.19. The van der Waals surface area contributed by atoms with Crippen molar-refractivity contribution in [2.45, 2.75) is 25.2 Å². The molecule has 15 heavy (non-hydrogen) atoms. The standard InChI is InChI=1S/C11H14N2O2/c12-6-5-10(14)11(15)9-3-1-8(7-13)2-4-9/h1-4,10-11,14-15H,5,7,13H2. The third-order valence-electron chi connectivity index (χ3n) is 2.22. The molecule has 0 bridgehead atoms. The molecular weight excluding hydrogens is 192 g/mol. The molecule has 4 nitrogen and oxygen atoms in total. The van der Waals surface area contributed by atoms with Crippen LogP contribution in [0.2, 0.25) is 0 Å². The van der Waals surface area contributed by atoms with Gasteiger partial charge < -0.3 is 15.9 Å². The lowest BCUT2D eigenvalue weighted by Crippen LogP contribution is -2.17. The van der Waals surface area contributed by atoms with Crippen LogP contribution < -0.4 is 5.73 Å².